The lowest BCUT2D eigenvalue weighted by Gasteiger charge is -2.19. The molecule has 2 aromatic carbocycles. The van der Waals surface area contributed by atoms with E-state index >= 15 is 0 Å². The summed E-state index contributed by atoms with van der Waals surface area (Å²) in [6, 6.07) is 16.9. The molecule has 3 rings (SSSR count). The average Bonchev–Trinajstić information content (AvgIpc) is 2.53. The molecule has 1 N–H and O–H groups in total. The van der Waals surface area contributed by atoms with Crippen LogP contribution >= 0.6 is 12.4 Å². The number of rotatable bonds is 4. The number of ether oxygens (including phenoxy) is 2. The topological polar surface area (TPSA) is 30.5 Å². The Kier molecular flexibility index (Phi) is 5.48. The molecule has 0 saturated heterocycles. The number of fused-ring (bicyclic) bond motifs is 1. The minimum absolute atomic E-state index is 0. The second kappa shape index (κ2) is 7.34. The van der Waals surface area contributed by atoms with Gasteiger partial charge in [-0.05, 0) is 30.2 Å². The van der Waals surface area contributed by atoms with Gasteiger partial charge >= 0.3 is 0 Å². The number of benzene rings is 2. The predicted octanol–water partition coefficient (Wildman–Crippen LogP) is 3.73. The van der Waals surface area contributed by atoms with Crippen molar-refractivity contribution in [1.82, 2.24) is 5.32 Å². The van der Waals surface area contributed by atoms with E-state index in [4.69, 9.17) is 9.47 Å². The summed E-state index contributed by atoms with van der Waals surface area (Å²) in [7, 11) is 0. The van der Waals surface area contributed by atoms with E-state index in [0.717, 1.165) is 18.0 Å². The standard InChI is InChI=1S/C17H19NO2.ClH/c1-13(15-5-3-2-4-6-15)18-12-14-7-8-16-17(11-14)20-10-9-19-16;/h2-8,11,13,18H,9-10,12H2,1H3;1H. The molecule has 0 amide bonds. The van der Waals surface area contributed by atoms with E-state index in [-0.39, 0.29) is 12.4 Å². The van der Waals surface area contributed by atoms with Crippen LogP contribution in [0.4, 0.5) is 0 Å². The Balaban J connectivity index is 0.00000161. The van der Waals surface area contributed by atoms with Crippen LogP contribution in [0, 0.1) is 0 Å². The minimum Gasteiger partial charge on any atom is -0.486 e. The highest BCUT2D eigenvalue weighted by Gasteiger charge is 2.12. The first-order chi connectivity index (χ1) is 9.83. The van der Waals surface area contributed by atoms with Crippen LogP contribution < -0.4 is 14.8 Å². The molecule has 0 fully saturated rings. The summed E-state index contributed by atoms with van der Waals surface area (Å²) in [5, 5.41) is 3.53. The second-order valence-corrected chi connectivity index (χ2v) is 4.99. The second-order valence-electron chi connectivity index (χ2n) is 4.99. The van der Waals surface area contributed by atoms with Crippen molar-refractivity contribution in [2.45, 2.75) is 19.5 Å². The molecule has 112 valence electrons. The van der Waals surface area contributed by atoms with Crippen molar-refractivity contribution < 1.29 is 9.47 Å². The lowest BCUT2D eigenvalue weighted by atomic mass is 10.1. The Morgan fingerprint density at radius 1 is 1.00 bits per heavy atom. The smallest absolute Gasteiger partial charge is 0.161 e. The summed E-state index contributed by atoms with van der Waals surface area (Å²) in [5.41, 5.74) is 2.50. The van der Waals surface area contributed by atoms with Crippen LogP contribution in [0.1, 0.15) is 24.1 Å². The summed E-state index contributed by atoms with van der Waals surface area (Å²) < 4.78 is 11.1. The van der Waals surface area contributed by atoms with Gasteiger partial charge in [0.2, 0.25) is 0 Å². The van der Waals surface area contributed by atoms with Crippen LogP contribution in [0.5, 0.6) is 11.5 Å². The van der Waals surface area contributed by atoms with Crippen LogP contribution in [-0.4, -0.2) is 13.2 Å². The molecule has 0 aromatic heterocycles. The van der Waals surface area contributed by atoms with Gasteiger partial charge < -0.3 is 14.8 Å². The molecule has 21 heavy (non-hydrogen) atoms. The third-order valence-electron chi connectivity index (χ3n) is 3.52. The van der Waals surface area contributed by atoms with Crippen molar-refractivity contribution in [1.29, 1.82) is 0 Å². The largest absolute Gasteiger partial charge is 0.486 e. The Morgan fingerprint density at radius 3 is 2.48 bits per heavy atom. The van der Waals surface area contributed by atoms with Gasteiger partial charge in [-0.25, -0.2) is 0 Å². The van der Waals surface area contributed by atoms with E-state index in [0.29, 0.717) is 19.3 Å². The van der Waals surface area contributed by atoms with E-state index in [1.165, 1.54) is 11.1 Å². The molecule has 1 atom stereocenters. The third kappa shape index (κ3) is 3.90. The fourth-order valence-electron chi connectivity index (χ4n) is 2.33. The molecule has 0 aliphatic carbocycles. The summed E-state index contributed by atoms with van der Waals surface area (Å²) >= 11 is 0. The van der Waals surface area contributed by atoms with Crippen molar-refractivity contribution in [3.8, 4) is 11.5 Å². The normalized spacial score (nSPS) is 14.1. The van der Waals surface area contributed by atoms with E-state index in [1.54, 1.807) is 0 Å². The van der Waals surface area contributed by atoms with Gasteiger partial charge in [0.25, 0.3) is 0 Å². The molecule has 1 aliphatic rings. The van der Waals surface area contributed by atoms with Crippen molar-refractivity contribution >= 4 is 12.4 Å². The van der Waals surface area contributed by atoms with E-state index in [2.05, 4.69) is 48.6 Å². The van der Waals surface area contributed by atoms with Gasteiger partial charge in [0.15, 0.2) is 11.5 Å². The molecule has 0 saturated carbocycles. The van der Waals surface area contributed by atoms with Crippen molar-refractivity contribution in [3.63, 3.8) is 0 Å². The minimum atomic E-state index is 0. The maximum absolute atomic E-state index is 5.60. The quantitative estimate of drug-likeness (QED) is 0.933. The first-order valence-corrected chi connectivity index (χ1v) is 7.00. The maximum Gasteiger partial charge on any atom is 0.161 e. The zero-order valence-corrected chi connectivity index (χ0v) is 12.9. The zero-order chi connectivity index (χ0) is 13.8. The van der Waals surface area contributed by atoms with Gasteiger partial charge in [-0.2, -0.15) is 0 Å². The summed E-state index contributed by atoms with van der Waals surface area (Å²) in [5.74, 6) is 1.69. The molecule has 4 heteroatoms. The highest BCUT2D eigenvalue weighted by atomic mass is 35.5. The molecule has 0 bridgehead atoms. The molecule has 1 unspecified atom stereocenters. The van der Waals surface area contributed by atoms with Crippen LogP contribution in [0.15, 0.2) is 48.5 Å². The zero-order valence-electron chi connectivity index (χ0n) is 12.0. The molecule has 1 heterocycles. The van der Waals surface area contributed by atoms with Gasteiger partial charge in [0.05, 0.1) is 0 Å². The van der Waals surface area contributed by atoms with Gasteiger partial charge in [0, 0.05) is 12.6 Å². The molecule has 0 radical (unpaired) electrons. The van der Waals surface area contributed by atoms with Crippen molar-refractivity contribution in [3.05, 3.63) is 59.7 Å². The fourth-order valence-corrected chi connectivity index (χ4v) is 2.33. The lowest BCUT2D eigenvalue weighted by Crippen LogP contribution is -2.19. The highest BCUT2D eigenvalue weighted by molar-refractivity contribution is 5.85. The fraction of sp³-hybridized carbons (Fsp3) is 0.294. The average molecular weight is 306 g/mol. The van der Waals surface area contributed by atoms with Crippen LogP contribution in [0.3, 0.4) is 0 Å². The molecular weight excluding hydrogens is 286 g/mol. The monoisotopic (exact) mass is 305 g/mol. The van der Waals surface area contributed by atoms with Gasteiger partial charge in [-0.3, -0.25) is 0 Å². The molecular formula is C17H20ClNO2. The van der Waals surface area contributed by atoms with Crippen LogP contribution in [-0.2, 0) is 6.54 Å². The Morgan fingerprint density at radius 2 is 1.71 bits per heavy atom. The molecule has 2 aromatic rings. The van der Waals surface area contributed by atoms with Crippen molar-refractivity contribution in [2.75, 3.05) is 13.2 Å². The predicted molar refractivity (Wildman–Crippen MR) is 86.4 cm³/mol. The van der Waals surface area contributed by atoms with E-state index in [9.17, 15) is 0 Å². The van der Waals surface area contributed by atoms with E-state index < -0.39 is 0 Å². The number of hydrogen-bond donors (Lipinski definition) is 1. The van der Waals surface area contributed by atoms with Gasteiger partial charge in [0.1, 0.15) is 13.2 Å². The summed E-state index contributed by atoms with van der Waals surface area (Å²) in [4.78, 5) is 0. The Hall–Kier alpha value is -1.71. The maximum atomic E-state index is 5.60. The Labute approximate surface area is 131 Å². The lowest BCUT2D eigenvalue weighted by molar-refractivity contribution is 0.171. The molecule has 0 spiro atoms. The molecule has 3 nitrogen and oxygen atoms in total. The molecule has 1 aliphatic heterocycles. The van der Waals surface area contributed by atoms with Gasteiger partial charge in [-0.15, -0.1) is 12.4 Å². The van der Waals surface area contributed by atoms with Crippen LogP contribution in [0.25, 0.3) is 0 Å². The Bertz CT molecular complexity index is 574. The van der Waals surface area contributed by atoms with Crippen LogP contribution in [0.2, 0.25) is 0 Å². The SMILES string of the molecule is CC(NCc1ccc2c(c1)OCCO2)c1ccccc1.Cl. The number of halogens is 1. The summed E-state index contributed by atoms with van der Waals surface area (Å²) in [6.07, 6.45) is 0. The highest BCUT2D eigenvalue weighted by Crippen LogP contribution is 2.30. The summed E-state index contributed by atoms with van der Waals surface area (Å²) in [6.45, 7) is 4.25. The van der Waals surface area contributed by atoms with Gasteiger partial charge in [-0.1, -0.05) is 36.4 Å². The van der Waals surface area contributed by atoms with E-state index in [1.807, 2.05) is 12.1 Å². The number of hydrogen-bond acceptors (Lipinski definition) is 3. The first kappa shape index (κ1) is 15.7. The van der Waals surface area contributed by atoms with Crippen molar-refractivity contribution in [2.24, 2.45) is 0 Å². The third-order valence-corrected chi connectivity index (χ3v) is 3.52. The first-order valence-electron chi connectivity index (χ1n) is 7.00. The number of nitrogens with one attached hydrogen (secondary N) is 1.